The molecular formula is C22H27N3O2. The predicted octanol–water partition coefficient (Wildman–Crippen LogP) is 3.43. The number of hydrogen-bond acceptors (Lipinski definition) is 4. The Balaban J connectivity index is 1.32. The fourth-order valence-corrected chi connectivity index (χ4v) is 3.61. The fourth-order valence-electron chi connectivity index (χ4n) is 3.61. The average Bonchev–Trinajstić information content (AvgIpc) is 3.30. The van der Waals surface area contributed by atoms with Crippen molar-refractivity contribution in [1.82, 2.24) is 14.3 Å². The van der Waals surface area contributed by atoms with E-state index < -0.39 is 0 Å². The summed E-state index contributed by atoms with van der Waals surface area (Å²) in [6.07, 6.45) is 6.31. The summed E-state index contributed by atoms with van der Waals surface area (Å²) in [7, 11) is 2.12. The van der Waals surface area contributed by atoms with Crippen LogP contribution in [-0.4, -0.2) is 39.6 Å². The minimum Gasteiger partial charge on any atom is -0.487 e. The molecule has 3 aromatic rings. The maximum Gasteiger partial charge on any atom is 0.140 e. The van der Waals surface area contributed by atoms with Gasteiger partial charge in [-0.2, -0.15) is 0 Å². The smallest absolute Gasteiger partial charge is 0.140 e. The average molecular weight is 365 g/mol. The van der Waals surface area contributed by atoms with Gasteiger partial charge in [-0.05, 0) is 56.1 Å². The highest BCUT2D eigenvalue weighted by atomic mass is 16.5. The topological polar surface area (TPSA) is 50.0 Å². The molecule has 5 heteroatoms. The van der Waals surface area contributed by atoms with Crippen molar-refractivity contribution in [2.75, 3.05) is 20.2 Å². The fraction of sp³-hybridized carbons (Fsp3) is 0.409. The van der Waals surface area contributed by atoms with E-state index in [1.54, 1.807) is 0 Å². The van der Waals surface area contributed by atoms with Crippen molar-refractivity contribution in [2.24, 2.45) is 5.41 Å². The van der Waals surface area contributed by atoms with Crippen LogP contribution in [0.5, 0.6) is 5.75 Å². The number of benzene rings is 1. The molecule has 0 spiro atoms. The van der Waals surface area contributed by atoms with E-state index in [4.69, 9.17) is 4.74 Å². The van der Waals surface area contributed by atoms with Crippen LogP contribution in [0.1, 0.15) is 29.7 Å². The molecule has 1 fully saturated rings. The molecule has 0 radical (unpaired) electrons. The summed E-state index contributed by atoms with van der Waals surface area (Å²) in [5, 5.41) is 9.47. The first kappa shape index (κ1) is 18.0. The molecule has 142 valence electrons. The Bertz CT molecular complexity index is 913. The van der Waals surface area contributed by atoms with Crippen LogP contribution in [0, 0.1) is 12.3 Å². The van der Waals surface area contributed by atoms with Gasteiger partial charge in [0.15, 0.2) is 0 Å². The van der Waals surface area contributed by atoms with E-state index >= 15 is 0 Å². The lowest BCUT2D eigenvalue weighted by molar-refractivity contribution is 0.161. The normalized spacial score (nSPS) is 15.4. The monoisotopic (exact) mass is 365 g/mol. The van der Waals surface area contributed by atoms with Gasteiger partial charge in [-0.15, -0.1) is 0 Å². The lowest BCUT2D eigenvalue weighted by atomic mass is 10.1. The van der Waals surface area contributed by atoms with E-state index in [1.807, 2.05) is 35.0 Å². The van der Waals surface area contributed by atoms with Crippen molar-refractivity contribution >= 4 is 5.65 Å². The summed E-state index contributed by atoms with van der Waals surface area (Å²) in [5.74, 6) is 0.851. The molecule has 0 unspecified atom stereocenters. The highest BCUT2D eigenvalue weighted by Gasteiger charge is 2.42. The van der Waals surface area contributed by atoms with Crippen molar-refractivity contribution < 1.29 is 9.84 Å². The zero-order chi connectivity index (χ0) is 18.9. The molecule has 0 aliphatic heterocycles. The molecule has 2 heterocycles. The molecule has 1 N–H and O–H groups in total. The van der Waals surface area contributed by atoms with Gasteiger partial charge in [0.1, 0.15) is 18.0 Å². The third-order valence-corrected chi connectivity index (χ3v) is 5.39. The summed E-state index contributed by atoms with van der Waals surface area (Å²) in [6, 6.07) is 12.3. The highest BCUT2D eigenvalue weighted by Crippen LogP contribution is 2.45. The number of rotatable bonds is 8. The van der Waals surface area contributed by atoms with E-state index in [2.05, 4.69) is 42.1 Å². The highest BCUT2D eigenvalue weighted by molar-refractivity contribution is 5.47. The van der Waals surface area contributed by atoms with Gasteiger partial charge >= 0.3 is 0 Å². The number of fused-ring (bicyclic) bond motifs is 1. The van der Waals surface area contributed by atoms with E-state index in [1.165, 1.54) is 5.56 Å². The lowest BCUT2D eigenvalue weighted by Gasteiger charge is -2.22. The minimum atomic E-state index is 0.157. The van der Waals surface area contributed by atoms with Crippen LogP contribution >= 0.6 is 0 Å². The number of aliphatic hydroxyl groups excluding tert-OH is 1. The summed E-state index contributed by atoms with van der Waals surface area (Å²) >= 11 is 0. The molecule has 4 rings (SSSR count). The van der Waals surface area contributed by atoms with Gasteiger partial charge in [0, 0.05) is 37.5 Å². The van der Waals surface area contributed by atoms with Crippen LogP contribution in [-0.2, 0) is 13.2 Å². The molecule has 1 aromatic carbocycles. The lowest BCUT2D eigenvalue weighted by Crippen LogP contribution is -2.28. The van der Waals surface area contributed by atoms with E-state index in [9.17, 15) is 5.11 Å². The first-order valence-corrected chi connectivity index (χ1v) is 9.51. The van der Waals surface area contributed by atoms with Crippen LogP contribution < -0.4 is 4.74 Å². The number of ether oxygens (including phenoxy) is 1. The van der Waals surface area contributed by atoms with Gasteiger partial charge in [-0.1, -0.05) is 18.2 Å². The number of pyridine rings is 1. The Morgan fingerprint density at radius 1 is 1.22 bits per heavy atom. The second kappa shape index (κ2) is 7.33. The van der Waals surface area contributed by atoms with E-state index in [0.717, 1.165) is 48.6 Å². The van der Waals surface area contributed by atoms with E-state index in [0.29, 0.717) is 13.2 Å². The Morgan fingerprint density at radius 2 is 2.00 bits per heavy atom. The maximum atomic E-state index is 9.47. The van der Waals surface area contributed by atoms with Crippen LogP contribution in [0.4, 0.5) is 0 Å². The predicted molar refractivity (Wildman–Crippen MR) is 106 cm³/mol. The molecule has 0 atom stereocenters. The van der Waals surface area contributed by atoms with Crippen LogP contribution in [0.15, 0.2) is 48.8 Å². The molecule has 1 saturated carbocycles. The number of aromatic nitrogens is 2. The maximum absolute atomic E-state index is 9.47. The number of hydrogen-bond donors (Lipinski definition) is 1. The van der Waals surface area contributed by atoms with Crippen molar-refractivity contribution in [2.45, 2.75) is 32.9 Å². The number of nitrogens with zero attached hydrogens (tertiary/aromatic N) is 3. The summed E-state index contributed by atoms with van der Waals surface area (Å²) < 4.78 is 7.94. The largest absolute Gasteiger partial charge is 0.487 e. The third kappa shape index (κ3) is 4.15. The standard InChI is InChI=1S/C22H27N3O2/c1-17-4-3-11-25-13-19(23-21(17)25)14-27-20-7-5-18(6-8-20)12-24(2)15-22(16-26)9-10-22/h3-8,11,13,26H,9-10,12,14-16H2,1-2H3. The Labute approximate surface area is 160 Å². The SMILES string of the molecule is Cc1cccn2cc(COc3ccc(CN(C)CC4(CO)CC4)cc3)nc12. The van der Waals surface area contributed by atoms with Gasteiger partial charge in [0.25, 0.3) is 0 Å². The molecule has 0 amide bonds. The quantitative estimate of drug-likeness (QED) is 0.664. The van der Waals surface area contributed by atoms with Crippen molar-refractivity contribution in [3.63, 3.8) is 0 Å². The van der Waals surface area contributed by atoms with Gasteiger partial charge in [0.2, 0.25) is 0 Å². The van der Waals surface area contributed by atoms with Gasteiger partial charge in [0.05, 0.1) is 5.69 Å². The van der Waals surface area contributed by atoms with Gasteiger partial charge in [-0.3, -0.25) is 0 Å². The van der Waals surface area contributed by atoms with Gasteiger partial charge in [-0.25, -0.2) is 4.98 Å². The summed E-state index contributed by atoms with van der Waals surface area (Å²) in [6.45, 7) is 4.66. The molecular weight excluding hydrogens is 338 g/mol. The summed E-state index contributed by atoms with van der Waals surface area (Å²) in [5.41, 5.74) is 4.47. The Hall–Kier alpha value is -2.37. The zero-order valence-electron chi connectivity index (χ0n) is 16.1. The summed E-state index contributed by atoms with van der Waals surface area (Å²) in [4.78, 5) is 6.93. The van der Waals surface area contributed by atoms with Crippen molar-refractivity contribution in [3.8, 4) is 5.75 Å². The first-order chi connectivity index (χ1) is 13.1. The molecule has 1 aliphatic rings. The van der Waals surface area contributed by atoms with E-state index in [-0.39, 0.29) is 5.41 Å². The Kier molecular flexibility index (Phi) is 4.89. The number of aliphatic hydroxyl groups is 1. The van der Waals surface area contributed by atoms with Crippen molar-refractivity contribution in [3.05, 3.63) is 65.6 Å². The minimum absolute atomic E-state index is 0.157. The molecule has 1 aliphatic carbocycles. The number of imidazole rings is 1. The Morgan fingerprint density at radius 3 is 2.67 bits per heavy atom. The molecule has 2 aromatic heterocycles. The zero-order valence-corrected chi connectivity index (χ0v) is 16.1. The second-order valence-corrected chi connectivity index (χ2v) is 7.92. The van der Waals surface area contributed by atoms with Crippen LogP contribution in [0.2, 0.25) is 0 Å². The third-order valence-electron chi connectivity index (χ3n) is 5.39. The van der Waals surface area contributed by atoms with Gasteiger partial charge < -0.3 is 19.1 Å². The van der Waals surface area contributed by atoms with Crippen LogP contribution in [0.3, 0.4) is 0 Å². The van der Waals surface area contributed by atoms with Crippen LogP contribution in [0.25, 0.3) is 5.65 Å². The molecule has 0 bridgehead atoms. The van der Waals surface area contributed by atoms with Crippen molar-refractivity contribution in [1.29, 1.82) is 0 Å². The molecule has 5 nitrogen and oxygen atoms in total. The second-order valence-electron chi connectivity index (χ2n) is 7.92. The molecule has 27 heavy (non-hydrogen) atoms. The number of aryl methyl sites for hydroxylation is 1. The first-order valence-electron chi connectivity index (χ1n) is 9.51. The molecule has 0 saturated heterocycles.